The van der Waals surface area contributed by atoms with Gasteiger partial charge >= 0.3 is 0 Å². The van der Waals surface area contributed by atoms with Crippen molar-refractivity contribution in [3.05, 3.63) is 12.0 Å². The maximum absolute atomic E-state index is 13.4. The number of anilines is 2. The van der Waals surface area contributed by atoms with Crippen molar-refractivity contribution in [3.63, 3.8) is 0 Å². The highest BCUT2D eigenvalue weighted by molar-refractivity contribution is 5.79. The van der Waals surface area contributed by atoms with Crippen LogP contribution >= 0.6 is 0 Å². The minimum atomic E-state index is -0.581. The van der Waals surface area contributed by atoms with Crippen molar-refractivity contribution in [2.45, 2.75) is 6.92 Å². The van der Waals surface area contributed by atoms with E-state index in [0.29, 0.717) is 12.5 Å². The summed E-state index contributed by atoms with van der Waals surface area (Å²) in [5, 5.41) is 2.70. The Labute approximate surface area is 92.7 Å². The summed E-state index contributed by atoms with van der Waals surface area (Å²) >= 11 is 0. The van der Waals surface area contributed by atoms with Gasteiger partial charge < -0.3 is 16.0 Å². The first-order valence-corrected chi connectivity index (χ1v) is 4.82. The number of carbonyl (C=O) groups is 1. The van der Waals surface area contributed by atoms with Crippen LogP contribution in [0.4, 0.5) is 16.2 Å². The number of amides is 1. The average molecular weight is 227 g/mol. The summed E-state index contributed by atoms with van der Waals surface area (Å²) in [4.78, 5) is 19.9. The molecule has 0 spiro atoms. The highest BCUT2D eigenvalue weighted by atomic mass is 19.1. The molecule has 0 aliphatic carbocycles. The van der Waals surface area contributed by atoms with E-state index in [4.69, 9.17) is 5.73 Å². The van der Waals surface area contributed by atoms with Gasteiger partial charge in [0.2, 0.25) is 11.9 Å². The van der Waals surface area contributed by atoms with Crippen molar-refractivity contribution in [1.29, 1.82) is 0 Å². The first kappa shape index (κ1) is 12.2. The fraction of sp³-hybridized carbons (Fsp3) is 0.444. The molecule has 0 aromatic carbocycles. The molecule has 1 amide bonds. The van der Waals surface area contributed by atoms with E-state index in [1.54, 1.807) is 14.0 Å². The van der Waals surface area contributed by atoms with Crippen LogP contribution in [0, 0.1) is 5.82 Å². The van der Waals surface area contributed by atoms with Gasteiger partial charge in [-0.1, -0.05) is 0 Å². The predicted molar refractivity (Wildman–Crippen MR) is 58.6 cm³/mol. The number of primary amides is 1. The van der Waals surface area contributed by atoms with Crippen molar-refractivity contribution in [3.8, 4) is 0 Å². The van der Waals surface area contributed by atoms with E-state index >= 15 is 0 Å². The van der Waals surface area contributed by atoms with Crippen LogP contribution < -0.4 is 16.0 Å². The summed E-state index contributed by atoms with van der Waals surface area (Å²) < 4.78 is 13.4. The van der Waals surface area contributed by atoms with Gasteiger partial charge in [0.25, 0.3) is 0 Å². The van der Waals surface area contributed by atoms with Crippen LogP contribution in [0.5, 0.6) is 0 Å². The largest absolute Gasteiger partial charge is 0.368 e. The van der Waals surface area contributed by atoms with E-state index in [-0.39, 0.29) is 12.4 Å². The summed E-state index contributed by atoms with van der Waals surface area (Å²) in [6.45, 7) is 2.14. The molecule has 1 rings (SSSR count). The predicted octanol–water partition coefficient (Wildman–Crippen LogP) is -0.0310. The molecule has 0 saturated carbocycles. The van der Waals surface area contributed by atoms with Gasteiger partial charge in [-0.3, -0.25) is 4.79 Å². The number of carbonyl (C=O) groups excluding carboxylic acids is 1. The second kappa shape index (κ2) is 5.24. The number of hydrogen-bond acceptors (Lipinski definition) is 5. The zero-order valence-electron chi connectivity index (χ0n) is 9.20. The lowest BCUT2D eigenvalue weighted by molar-refractivity contribution is -0.116. The standard InChI is InChI=1S/C9H14FN5O/c1-3-15(5-7(11)16)8-6(10)4-13-9(12-2)14-8/h4H,3,5H2,1-2H3,(H2,11,16)(H,12,13,14). The van der Waals surface area contributed by atoms with Crippen molar-refractivity contribution in [2.24, 2.45) is 5.73 Å². The van der Waals surface area contributed by atoms with Gasteiger partial charge in [0.1, 0.15) is 0 Å². The monoisotopic (exact) mass is 227 g/mol. The summed E-state index contributed by atoms with van der Waals surface area (Å²) in [7, 11) is 1.63. The Bertz CT molecular complexity index is 384. The molecule has 1 aromatic heterocycles. The molecular weight excluding hydrogens is 213 g/mol. The first-order valence-electron chi connectivity index (χ1n) is 4.82. The quantitative estimate of drug-likeness (QED) is 0.738. The number of hydrogen-bond donors (Lipinski definition) is 2. The normalized spacial score (nSPS) is 9.94. The Morgan fingerprint density at radius 3 is 2.88 bits per heavy atom. The zero-order chi connectivity index (χ0) is 12.1. The summed E-state index contributed by atoms with van der Waals surface area (Å²) in [6, 6.07) is 0. The lowest BCUT2D eigenvalue weighted by Gasteiger charge is -2.20. The topological polar surface area (TPSA) is 84.1 Å². The maximum Gasteiger partial charge on any atom is 0.237 e. The number of halogens is 1. The molecule has 3 N–H and O–H groups in total. The third-order valence-corrected chi connectivity index (χ3v) is 1.98. The number of nitrogens with two attached hydrogens (primary N) is 1. The number of nitrogens with one attached hydrogen (secondary N) is 1. The lowest BCUT2D eigenvalue weighted by Crippen LogP contribution is -2.35. The van der Waals surface area contributed by atoms with Crippen LogP contribution in [-0.2, 0) is 4.79 Å². The molecule has 0 fully saturated rings. The second-order valence-corrected chi connectivity index (χ2v) is 3.10. The second-order valence-electron chi connectivity index (χ2n) is 3.10. The highest BCUT2D eigenvalue weighted by Crippen LogP contribution is 2.16. The molecule has 1 heterocycles. The molecule has 0 bridgehead atoms. The van der Waals surface area contributed by atoms with Crippen molar-refractivity contribution in [1.82, 2.24) is 9.97 Å². The Morgan fingerprint density at radius 2 is 2.38 bits per heavy atom. The van der Waals surface area contributed by atoms with Crippen LogP contribution in [0.15, 0.2) is 6.20 Å². The number of aromatic nitrogens is 2. The first-order chi connectivity index (χ1) is 7.58. The van der Waals surface area contributed by atoms with Gasteiger partial charge in [0.15, 0.2) is 11.6 Å². The molecule has 1 aromatic rings. The van der Waals surface area contributed by atoms with Gasteiger partial charge in [-0.25, -0.2) is 9.37 Å². The van der Waals surface area contributed by atoms with Gasteiger partial charge in [0.05, 0.1) is 12.7 Å². The van der Waals surface area contributed by atoms with Crippen LogP contribution in [-0.4, -0.2) is 36.0 Å². The van der Waals surface area contributed by atoms with E-state index in [0.717, 1.165) is 6.20 Å². The van der Waals surface area contributed by atoms with Crippen LogP contribution in [0.3, 0.4) is 0 Å². The summed E-state index contributed by atoms with van der Waals surface area (Å²) in [5.74, 6) is -0.757. The van der Waals surface area contributed by atoms with Crippen LogP contribution in [0.2, 0.25) is 0 Å². The molecule has 6 nitrogen and oxygen atoms in total. The molecule has 16 heavy (non-hydrogen) atoms. The fourth-order valence-corrected chi connectivity index (χ4v) is 1.22. The van der Waals surface area contributed by atoms with Crippen LogP contribution in [0.1, 0.15) is 6.92 Å². The smallest absolute Gasteiger partial charge is 0.237 e. The molecule has 0 saturated heterocycles. The molecule has 0 atom stereocenters. The lowest BCUT2D eigenvalue weighted by atomic mass is 10.4. The molecule has 0 radical (unpaired) electrons. The van der Waals surface area contributed by atoms with E-state index in [1.165, 1.54) is 4.90 Å². The summed E-state index contributed by atoms with van der Waals surface area (Å²) in [5.41, 5.74) is 5.06. The van der Waals surface area contributed by atoms with Gasteiger partial charge in [0, 0.05) is 13.6 Å². The third-order valence-electron chi connectivity index (χ3n) is 1.98. The Kier molecular flexibility index (Phi) is 3.98. The summed E-state index contributed by atoms with van der Waals surface area (Å²) in [6.07, 6.45) is 1.05. The third kappa shape index (κ3) is 2.78. The van der Waals surface area contributed by atoms with E-state index in [2.05, 4.69) is 15.3 Å². The average Bonchev–Trinajstić information content (AvgIpc) is 2.26. The molecule has 0 aliphatic rings. The van der Waals surface area contributed by atoms with E-state index in [1.807, 2.05) is 0 Å². The van der Waals surface area contributed by atoms with E-state index in [9.17, 15) is 9.18 Å². The highest BCUT2D eigenvalue weighted by Gasteiger charge is 2.15. The van der Waals surface area contributed by atoms with E-state index < -0.39 is 11.7 Å². The molecule has 7 heteroatoms. The van der Waals surface area contributed by atoms with Crippen LogP contribution in [0.25, 0.3) is 0 Å². The van der Waals surface area contributed by atoms with Crippen molar-refractivity contribution >= 4 is 17.7 Å². The number of nitrogens with zero attached hydrogens (tertiary/aromatic N) is 3. The van der Waals surface area contributed by atoms with Crippen molar-refractivity contribution in [2.75, 3.05) is 30.4 Å². The Morgan fingerprint density at radius 1 is 1.69 bits per heavy atom. The van der Waals surface area contributed by atoms with Gasteiger partial charge in [-0.15, -0.1) is 0 Å². The zero-order valence-corrected chi connectivity index (χ0v) is 9.20. The molecule has 0 aliphatic heterocycles. The van der Waals surface area contributed by atoms with Gasteiger partial charge in [-0.05, 0) is 6.92 Å². The fourth-order valence-electron chi connectivity index (χ4n) is 1.22. The SMILES string of the molecule is CCN(CC(N)=O)c1nc(NC)ncc1F. The maximum atomic E-state index is 13.4. The minimum Gasteiger partial charge on any atom is -0.368 e. The molecule has 88 valence electrons. The van der Waals surface area contributed by atoms with Crippen molar-refractivity contribution < 1.29 is 9.18 Å². The Balaban J connectivity index is 3.02. The Hall–Kier alpha value is -1.92. The van der Waals surface area contributed by atoms with Gasteiger partial charge in [-0.2, -0.15) is 4.98 Å². The molecular formula is C9H14FN5O. The minimum absolute atomic E-state index is 0.0700. The molecule has 0 unspecified atom stereocenters. The number of likely N-dealkylation sites (N-methyl/N-ethyl adjacent to an activating group) is 1. The number of rotatable bonds is 5.